The SMILES string of the molecule is COc1cnc2c(c1)C(CCCCN1CCN(C(=O)O)CC1)(c1ccccc1F)C(=O)N2. The Morgan fingerprint density at radius 3 is 2.66 bits per heavy atom. The van der Waals surface area contributed by atoms with E-state index >= 15 is 0 Å². The first-order chi connectivity index (χ1) is 15.5. The largest absolute Gasteiger partial charge is 0.495 e. The highest BCUT2D eigenvalue weighted by molar-refractivity contribution is 6.08. The zero-order valence-corrected chi connectivity index (χ0v) is 18.0. The van der Waals surface area contributed by atoms with Crippen LogP contribution in [0, 0.1) is 5.82 Å². The molecule has 0 spiro atoms. The fraction of sp³-hybridized carbons (Fsp3) is 0.435. The molecule has 0 radical (unpaired) electrons. The predicted molar refractivity (Wildman–Crippen MR) is 116 cm³/mol. The molecule has 2 aromatic rings. The van der Waals surface area contributed by atoms with Gasteiger partial charge in [0.25, 0.3) is 0 Å². The molecule has 2 amide bonds. The van der Waals surface area contributed by atoms with Gasteiger partial charge >= 0.3 is 6.09 Å². The van der Waals surface area contributed by atoms with Crippen molar-refractivity contribution in [1.82, 2.24) is 14.8 Å². The summed E-state index contributed by atoms with van der Waals surface area (Å²) >= 11 is 0. The minimum Gasteiger partial charge on any atom is -0.495 e. The molecule has 0 saturated carbocycles. The van der Waals surface area contributed by atoms with Gasteiger partial charge in [-0.25, -0.2) is 14.2 Å². The molecular formula is C23H27FN4O4. The molecule has 2 aliphatic rings. The zero-order chi connectivity index (χ0) is 22.7. The van der Waals surface area contributed by atoms with Crippen molar-refractivity contribution in [3.63, 3.8) is 0 Å². The first-order valence-electron chi connectivity index (χ1n) is 10.8. The number of amides is 2. The number of methoxy groups -OCH3 is 1. The van der Waals surface area contributed by atoms with Crippen LogP contribution in [0.4, 0.5) is 15.0 Å². The van der Waals surface area contributed by atoms with E-state index in [1.54, 1.807) is 24.3 Å². The van der Waals surface area contributed by atoms with Gasteiger partial charge < -0.3 is 20.1 Å². The fourth-order valence-electron chi connectivity index (χ4n) is 4.66. The summed E-state index contributed by atoms with van der Waals surface area (Å²) in [6, 6.07) is 8.15. The van der Waals surface area contributed by atoms with Crippen LogP contribution in [0.3, 0.4) is 0 Å². The van der Waals surface area contributed by atoms with Gasteiger partial charge in [-0.3, -0.25) is 9.69 Å². The molecule has 0 aliphatic carbocycles. The van der Waals surface area contributed by atoms with Gasteiger partial charge in [-0.2, -0.15) is 0 Å². The quantitative estimate of drug-likeness (QED) is 0.641. The standard InChI is InChI=1S/C23H27FN4O4/c1-32-16-14-18-20(25-15-16)26-21(29)23(18,17-6-2-3-7-19(17)24)8-4-5-9-27-10-12-28(13-11-27)22(30)31/h2-3,6-7,14-15H,4-5,8-13H2,1H3,(H,30,31)(H,25,26,29). The second kappa shape index (κ2) is 9.12. The number of unbranched alkanes of at least 4 members (excludes halogenated alkanes) is 1. The Morgan fingerprint density at radius 1 is 1.22 bits per heavy atom. The first-order valence-corrected chi connectivity index (χ1v) is 10.8. The highest BCUT2D eigenvalue weighted by atomic mass is 19.1. The molecule has 0 bridgehead atoms. The van der Waals surface area contributed by atoms with Crippen molar-refractivity contribution in [3.8, 4) is 5.75 Å². The number of hydrogen-bond acceptors (Lipinski definition) is 5. The van der Waals surface area contributed by atoms with E-state index in [0.717, 1.165) is 13.0 Å². The van der Waals surface area contributed by atoms with E-state index < -0.39 is 17.3 Å². The lowest BCUT2D eigenvalue weighted by Gasteiger charge is -2.33. The number of benzene rings is 1. The van der Waals surface area contributed by atoms with Crippen molar-refractivity contribution in [2.75, 3.05) is 45.2 Å². The maximum atomic E-state index is 14.9. The Morgan fingerprint density at radius 2 is 1.97 bits per heavy atom. The van der Waals surface area contributed by atoms with Crippen LogP contribution in [-0.4, -0.2) is 71.7 Å². The van der Waals surface area contributed by atoms with Gasteiger partial charge in [0.1, 0.15) is 22.8 Å². The Kier molecular flexibility index (Phi) is 6.27. The molecule has 170 valence electrons. The van der Waals surface area contributed by atoms with Gasteiger partial charge in [0.05, 0.1) is 13.3 Å². The van der Waals surface area contributed by atoms with Gasteiger partial charge in [-0.05, 0) is 31.5 Å². The number of piperazine rings is 1. The van der Waals surface area contributed by atoms with Crippen LogP contribution in [0.5, 0.6) is 5.75 Å². The maximum absolute atomic E-state index is 14.9. The van der Waals surface area contributed by atoms with Crippen LogP contribution < -0.4 is 10.1 Å². The van der Waals surface area contributed by atoms with Gasteiger partial charge in [-0.1, -0.05) is 24.6 Å². The Balaban J connectivity index is 1.52. The summed E-state index contributed by atoms with van der Waals surface area (Å²) in [4.78, 5) is 32.3. The van der Waals surface area contributed by atoms with Crippen molar-refractivity contribution in [3.05, 3.63) is 53.5 Å². The van der Waals surface area contributed by atoms with E-state index in [2.05, 4.69) is 15.2 Å². The number of halogens is 1. The highest BCUT2D eigenvalue weighted by Gasteiger charge is 2.50. The van der Waals surface area contributed by atoms with Gasteiger partial charge in [-0.15, -0.1) is 0 Å². The molecule has 1 saturated heterocycles. The smallest absolute Gasteiger partial charge is 0.407 e. The number of nitrogens with one attached hydrogen (secondary N) is 1. The zero-order valence-electron chi connectivity index (χ0n) is 18.0. The molecule has 1 atom stereocenters. The number of pyridine rings is 1. The molecule has 2 aliphatic heterocycles. The van der Waals surface area contributed by atoms with Crippen LogP contribution in [0.2, 0.25) is 0 Å². The summed E-state index contributed by atoms with van der Waals surface area (Å²) in [6.45, 7) is 3.17. The Bertz CT molecular complexity index is 1010. The summed E-state index contributed by atoms with van der Waals surface area (Å²) < 4.78 is 20.3. The van der Waals surface area contributed by atoms with Gasteiger partial charge in [0.2, 0.25) is 5.91 Å². The van der Waals surface area contributed by atoms with E-state index in [1.807, 2.05) is 0 Å². The molecule has 1 aromatic carbocycles. The normalized spacial score (nSPS) is 20.7. The minimum atomic E-state index is -1.18. The van der Waals surface area contributed by atoms with Crippen molar-refractivity contribution in [2.45, 2.75) is 24.7 Å². The molecule has 8 nitrogen and oxygen atoms in total. The van der Waals surface area contributed by atoms with Crippen LogP contribution in [0.15, 0.2) is 36.5 Å². The first kappa shape index (κ1) is 22.0. The molecule has 1 fully saturated rings. The molecule has 9 heteroatoms. The fourth-order valence-corrected chi connectivity index (χ4v) is 4.66. The predicted octanol–water partition coefficient (Wildman–Crippen LogP) is 2.93. The van der Waals surface area contributed by atoms with Gasteiger partial charge in [0, 0.05) is 37.3 Å². The van der Waals surface area contributed by atoms with Crippen molar-refractivity contribution >= 4 is 17.8 Å². The molecular weight excluding hydrogens is 415 g/mol. The second-order valence-corrected chi connectivity index (χ2v) is 8.18. The van der Waals surface area contributed by atoms with Crippen LogP contribution in [-0.2, 0) is 10.2 Å². The molecule has 3 heterocycles. The van der Waals surface area contributed by atoms with E-state index in [0.29, 0.717) is 61.7 Å². The van der Waals surface area contributed by atoms with E-state index in [4.69, 9.17) is 9.84 Å². The number of nitrogens with zero attached hydrogens (tertiary/aromatic N) is 3. The molecule has 4 rings (SSSR count). The third-order valence-corrected chi connectivity index (χ3v) is 6.43. The summed E-state index contributed by atoms with van der Waals surface area (Å²) in [5, 5.41) is 11.9. The summed E-state index contributed by atoms with van der Waals surface area (Å²) in [6.07, 6.45) is 2.58. The van der Waals surface area contributed by atoms with Crippen LogP contribution in [0.1, 0.15) is 30.4 Å². The number of carboxylic acid groups (broad SMARTS) is 1. The maximum Gasteiger partial charge on any atom is 0.407 e. The molecule has 2 N–H and O–H groups in total. The van der Waals surface area contributed by atoms with E-state index in [9.17, 15) is 14.0 Å². The average Bonchev–Trinajstić information content (AvgIpc) is 3.08. The van der Waals surface area contributed by atoms with E-state index in [1.165, 1.54) is 24.3 Å². The van der Waals surface area contributed by atoms with Crippen molar-refractivity contribution in [1.29, 1.82) is 0 Å². The molecule has 1 aromatic heterocycles. The molecule has 1 unspecified atom stereocenters. The number of ether oxygens (including phenoxy) is 1. The van der Waals surface area contributed by atoms with Crippen LogP contribution in [0.25, 0.3) is 0 Å². The summed E-state index contributed by atoms with van der Waals surface area (Å²) in [5.41, 5.74) is -0.215. The monoisotopic (exact) mass is 442 g/mol. The summed E-state index contributed by atoms with van der Waals surface area (Å²) in [7, 11) is 1.53. The summed E-state index contributed by atoms with van der Waals surface area (Å²) in [5.74, 6) is 0.234. The minimum absolute atomic E-state index is 0.284. The lowest BCUT2D eigenvalue weighted by atomic mass is 9.72. The number of carbonyl (C=O) groups is 2. The van der Waals surface area contributed by atoms with Crippen molar-refractivity contribution in [2.24, 2.45) is 0 Å². The number of anilines is 1. The number of carbonyl (C=O) groups excluding carboxylic acids is 1. The van der Waals surface area contributed by atoms with E-state index in [-0.39, 0.29) is 5.91 Å². The lowest BCUT2D eigenvalue weighted by molar-refractivity contribution is -0.119. The Labute approximate surface area is 186 Å². The third-order valence-electron chi connectivity index (χ3n) is 6.43. The molecule has 32 heavy (non-hydrogen) atoms. The second-order valence-electron chi connectivity index (χ2n) is 8.18. The average molecular weight is 442 g/mol. The van der Waals surface area contributed by atoms with Crippen molar-refractivity contribution < 1.29 is 23.8 Å². The Hall–Kier alpha value is -3.20. The topological polar surface area (TPSA) is 95.0 Å². The lowest BCUT2D eigenvalue weighted by Crippen LogP contribution is -2.48. The third kappa shape index (κ3) is 4.00. The van der Waals surface area contributed by atoms with Gasteiger partial charge in [0.15, 0.2) is 0 Å². The number of hydrogen-bond donors (Lipinski definition) is 2. The number of fused-ring (bicyclic) bond motifs is 1. The highest BCUT2D eigenvalue weighted by Crippen LogP contribution is 2.47. The number of rotatable bonds is 7. The number of aromatic nitrogens is 1. The van der Waals surface area contributed by atoms with Crippen LogP contribution >= 0.6 is 0 Å².